The quantitative estimate of drug-likeness (QED) is 0.445. The minimum absolute atomic E-state index is 0.0588. The van der Waals surface area contributed by atoms with Gasteiger partial charge in [-0.25, -0.2) is 8.42 Å². The first-order valence-electron chi connectivity index (χ1n) is 12.4. The van der Waals surface area contributed by atoms with Crippen LogP contribution in [0.3, 0.4) is 0 Å². The zero-order valence-electron chi connectivity index (χ0n) is 21.3. The van der Waals surface area contributed by atoms with E-state index in [1.807, 2.05) is 0 Å². The monoisotopic (exact) mass is 541 g/mol. The molecule has 3 rings (SSSR count). The molecule has 1 aliphatic heterocycles. The topological polar surface area (TPSA) is 83.9 Å². The second-order valence-corrected chi connectivity index (χ2v) is 11.9. The van der Waals surface area contributed by atoms with Gasteiger partial charge in [-0.15, -0.1) is 0 Å². The first-order valence-corrected chi connectivity index (χ1v) is 14.3. The van der Waals surface area contributed by atoms with E-state index in [0.717, 1.165) is 31.2 Å². The van der Waals surface area contributed by atoms with E-state index in [2.05, 4.69) is 13.8 Å². The van der Waals surface area contributed by atoms with Crippen LogP contribution in [0.15, 0.2) is 47.4 Å². The van der Waals surface area contributed by atoms with Gasteiger partial charge in [0, 0.05) is 19.3 Å². The van der Waals surface area contributed by atoms with Crippen molar-refractivity contribution in [3.05, 3.63) is 53.6 Å². The van der Waals surface area contributed by atoms with Crippen molar-refractivity contribution in [3.8, 4) is 11.5 Å². The van der Waals surface area contributed by atoms with Gasteiger partial charge in [-0.2, -0.15) is 13.2 Å². The molecule has 0 aliphatic carbocycles. The standard InChI is InChI=1S/C27H34F3NO5S/c1-4-19(5-2)18-26(33)10-12-31(13-11-26)25(32)16-20-14-21(27(28,29)30)17-23(15-20)36-22-6-8-24(9-7-22)37(3,34)35/h6-9,14-15,17,19,33H,4-5,10-13,16,18H2,1-3H3. The fourth-order valence-electron chi connectivity index (χ4n) is 4.65. The normalized spacial score (nSPS) is 16.2. The van der Waals surface area contributed by atoms with Crippen LogP contribution in [0, 0.1) is 5.92 Å². The van der Waals surface area contributed by atoms with Crippen LogP contribution in [0.2, 0.25) is 0 Å². The molecule has 1 aliphatic rings. The van der Waals surface area contributed by atoms with Gasteiger partial charge in [0.2, 0.25) is 5.91 Å². The summed E-state index contributed by atoms with van der Waals surface area (Å²) in [6.45, 7) is 4.89. The van der Waals surface area contributed by atoms with Crippen molar-refractivity contribution in [1.82, 2.24) is 4.90 Å². The van der Waals surface area contributed by atoms with Crippen molar-refractivity contribution >= 4 is 15.7 Å². The molecule has 1 amide bonds. The van der Waals surface area contributed by atoms with Crippen molar-refractivity contribution in [1.29, 1.82) is 0 Å². The van der Waals surface area contributed by atoms with Gasteiger partial charge in [-0.3, -0.25) is 4.79 Å². The van der Waals surface area contributed by atoms with Gasteiger partial charge in [0.15, 0.2) is 9.84 Å². The highest BCUT2D eigenvalue weighted by molar-refractivity contribution is 7.90. The number of aliphatic hydroxyl groups is 1. The van der Waals surface area contributed by atoms with Gasteiger partial charge in [-0.1, -0.05) is 26.7 Å². The smallest absolute Gasteiger partial charge is 0.416 e. The maximum Gasteiger partial charge on any atom is 0.416 e. The van der Waals surface area contributed by atoms with Crippen LogP contribution < -0.4 is 4.74 Å². The SMILES string of the molecule is CCC(CC)CC1(O)CCN(C(=O)Cc2cc(Oc3ccc(S(C)(=O)=O)cc3)cc(C(F)(F)F)c2)CC1. The summed E-state index contributed by atoms with van der Waals surface area (Å²) in [6, 6.07) is 8.50. The lowest BCUT2D eigenvalue weighted by molar-refractivity contribution is -0.138. The molecule has 37 heavy (non-hydrogen) atoms. The Balaban J connectivity index is 1.73. The Morgan fingerprint density at radius 3 is 2.16 bits per heavy atom. The Labute approximate surface area is 216 Å². The van der Waals surface area contributed by atoms with E-state index in [1.54, 1.807) is 4.90 Å². The molecule has 0 unspecified atom stereocenters. The molecular weight excluding hydrogens is 507 g/mol. The maximum absolute atomic E-state index is 13.6. The summed E-state index contributed by atoms with van der Waals surface area (Å²) in [4.78, 5) is 14.6. The fourth-order valence-corrected chi connectivity index (χ4v) is 5.28. The number of carbonyl (C=O) groups excluding carboxylic acids is 1. The van der Waals surface area contributed by atoms with Crippen LogP contribution in [0.5, 0.6) is 11.5 Å². The van der Waals surface area contributed by atoms with Gasteiger partial charge in [0.25, 0.3) is 0 Å². The van der Waals surface area contributed by atoms with Crippen LogP contribution in [0.1, 0.15) is 57.1 Å². The average Bonchev–Trinajstić information content (AvgIpc) is 2.82. The summed E-state index contributed by atoms with van der Waals surface area (Å²) in [5.74, 6) is 0.158. The Bertz CT molecular complexity index is 1180. The number of piperidine rings is 1. The first kappa shape index (κ1) is 29.0. The number of ether oxygens (including phenoxy) is 1. The third-order valence-corrected chi connectivity index (χ3v) is 8.14. The van der Waals surface area contributed by atoms with E-state index in [-0.39, 0.29) is 34.3 Å². The van der Waals surface area contributed by atoms with E-state index in [0.29, 0.717) is 38.3 Å². The van der Waals surface area contributed by atoms with E-state index in [9.17, 15) is 31.5 Å². The average molecular weight is 542 g/mol. The number of halogens is 3. The van der Waals surface area contributed by atoms with Gasteiger partial charge in [0.1, 0.15) is 11.5 Å². The summed E-state index contributed by atoms with van der Waals surface area (Å²) in [6.07, 6.45) is -0.319. The molecule has 1 saturated heterocycles. The fraction of sp³-hybridized carbons (Fsp3) is 0.519. The Morgan fingerprint density at radius 1 is 1.05 bits per heavy atom. The number of benzene rings is 2. The predicted molar refractivity (Wildman–Crippen MR) is 134 cm³/mol. The summed E-state index contributed by atoms with van der Waals surface area (Å²) in [5, 5.41) is 10.9. The van der Waals surface area contributed by atoms with Crippen molar-refractivity contribution in [2.75, 3.05) is 19.3 Å². The number of rotatable bonds is 9. The zero-order valence-corrected chi connectivity index (χ0v) is 22.2. The molecule has 1 N–H and O–H groups in total. The molecular formula is C27H34F3NO5S. The van der Waals surface area contributed by atoms with Crippen LogP contribution in [0.25, 0.3) is 0 Å². The van der Waals surface area contributed by atoms with Crippen LogP contribution in [-0.4, -0.2) is 49.3 Å². The molecule has 2 aromatic carbocycles. The maximum atomic E-state index is 13.6. The van der Waals surface area contributed by atoms with Crippen molar-refractivity contribution < 1.29 is 36.2 Å². The predicted octanol–water partition coefficient (Wildman–Crippen LogP) is 5.62. The minimum atomic E-state index is -4.64. The van der Waals surface area contributed by atoms with Gasteiger partial charge in [0.05, 0.1) is 22.5 Å². The van der Waals surface area contributed by atoms with E-state index >= 15 is 0 Å². The Hall–Kier alpha value is -2.59. The molecule has 0 spiro atoms. The highest BCUT2D eigenvalue weighted by atomic mass is 32.2. The lowest BCUT2D eigenvalue weighted by atomic mass is 9.81. The van der Waals surface area contributed by atoms with E-state index < -0.39 is 27.2 Å². The second kappa shape index (κ2) is 11.4. The molecule has 204 valence electrons. The minimum Gasteiger partial charge on any atom is -0.457 e. The summed E-state index contributed by atoms with van der Waals surface area (Å²) in [7, 11) is -3.43. The zero-order chi connectivity index (χ0) is 27.4. The third-order valence-electron chi connectivity index (χ3n) is 7.01. The molecule has 0 bridgehead atoms. The Morgan fingerprint density at radius 2 is 1.65 bits per heavy atom. The molecule has 0 saturated carbocycles. The number of carbonyl (C=O) groups is 1. The number of hydrogen-bond donors (Lipinski definition) is 1. The molecule has 10 heteroatoms. The van der Waals surface area contributed by atoms with Gasteiger partial charge < -0.3 is 14.7 Å². The molecule has 6 nitrogen and oxygen atoms in total. The highest BCUT2D eigenvalue weighted by Crippen LogP contribution is 2.35. The number of alkyl halides is 3. The van der Waals surface area contributed by atoms with Crippen molar-refractivity contribution in [3.63, 3.8) is 0 Å². The molecule has 1 heterocycles. The molecule has 0 atom stereocenters. The number of sulfone groups is 1. The van der Waals surface area contributed by atoms with Gasteiger partial charge >= 0.3 is 6.18 Å². The van der Waals surface area contributed by atoms with Crippen LogP contribution >= 0.6 is 0 Å². The van der Waals surface area contributed by atoms with E-state index in [1.165, 1.54) is 30.3 Å². The molecule has 0 aromatic heterocycles. The number of amides is 1. The van der Waals surface area contributed by atoms with Gasteiger partial charge in [-0.05, 0) is 73.2 Å². The summed E-state index contributed by atoms with van der Waals surface area (Å²) >= 11 is 0. The number of hydrogen-bond acceptors (Lipinski definition) is 5. The van der Waals surface area contributed by atoms with Crippen molar-refractivity contribution in [2.45, 2.75) is 69.0 Å². The third kappa shape index (κ3) is 7.95. The largest absolute Gasteiger partial charge is 0.457 e. The molecule has 0 radical (unpaired) electrons. The summed E-state index contributed by atoms with van der Waals surface area (Å²) < 4.78 is 69.5. The second-order valence-electron chi connectivity index (χ2n) is 9.88. The molecule has 1 fully saturated rings. The summed E-state index contributed by atoms with van der Waals surface area (Å²) in [5.41, 5.74) is -1.61. The van der Waals surface area contributed by atoms with E-state index in [4.69, 9.17) is 4.74 Å². The van der Waals surface area contributed by atoms with Crippen molar-refractivity contribution in [2.24, 2.45) is 5.92 Å². The number of likely N-dealkylation sites (tertiary alicyclic amines) is 1. The van der Waals surface area contributed by atoms with Crippen LogP contribution in [-0.2, 0) is 27.2 Å². The number of nitrogens with zero attached hydrogens (tertiary/aromatic N) is 1. The Kier molecular flexibility index (Phi) is 8.95. The lowest BCUT2D eigenvalue weighted by Gasteiger charge is -2.40. The first-order chi connectivity index (χ1) is 17.2. The highest BCUT2D eigenvalue weighted by Gasteiger charge is 2.36. The lowest BCUT2D eigenvalue weighted by Crippen LogP contribution is -2.47. The van der Waals surface area contributed by atoms with Crippen LogP contribution in [0.4, 0.5) is 13.2 Å². The molecule has 2 aromatic rings.